The van der Waals surface area contributed by atoms with Crippen molar-refractivity contribution in [3.05, 3.63) is 29.8 Å². The largest absolute Gasteiger partial charge is 0.493 e. The van der Waals surface area contributed by atoms with Crippen LogP contribution in [0.3, 0.4) is 0 Å². The van der Waals surface area contributed by atoms with Gasteiger partial charge in [0.1, 0.15) is 5.75 Å². The second kappa shape index (κ2) is 6.29. The molecule has 2 rings (SSSR count). The Morgan fingerprint density at radius 1 is 1.27 bits per heavy atom. The monoisotopic (exact) mass is 304 g/mol. The molecular weight excluding hydrogens is 276 g/mol. The minimum atomic E-state index is -0.233. The highest BCUT2D eigenvalue weighted by Crippen LogP contribution is 2.37. The van der Waals surface area contributed by atoms with Crippen molar-refractivity contribution in [2.45, 2.75) is 58.7 Å². The summed E-state index contributed by atoms with van der Waals surface area (Å²) in [6.45, 7) is 11.1. The van der Waals surface area contributed by atoms with Crippen LogP contribution in [-0.4, -0.2) is 29.0 Å². The third kappa shape index (κ3) is 3.61. The molecule has 1 fully saturated rings. The lowest BCUT2D eigenvalue weighted by molar-refractivity contribution is -0.133. The van der Waals surface area contributed by atoms with E-state index in [0.717, 1.165) is 11.3 Å². The van der Waals surface area contributed by atoms with Crippen molar-refractivity contribution in [3.8, 4) is 5.75 Å². The van der Waals surface area contributed by atoms with Gasteiger partial charge in [-0.25, -0.2) is 0 Å². The number of nitrogens with zero attached hydrogens (tertiary/aromatic N) is 1. The molecule has 0 aromatic heterocycles. The highest BCUT2D eigenvalue weighted by atomic mass is 16.5. The Morgan fingerprint density at radius 3 is 2.36 bits per heavy atom. The van der Waals surface area contributed by atoms with Gasteiger partial charge in [0.25, 0.3) is 0 Å². The molecule has 1 aliphatic rings. The van der Waals surface area contributed by atoms with E-state index in [-0.39, 0.29) is 23.5 Å². The maximum atomic E-state index is 12.3. The molecule has 122 valence electrons. The van der Waals surface area contributed by atoms with Crippen LogP contribution in [-0.2, 0) is 4.79 Å². The van der Waals surface area contributed by atoms with Crippen LogP contribution in [0, 0.1) is 5.92 Å². The van der Waals surface area contributed by atoms with E-state index in [1.54, 1.807) is 0 Å². The van der Waals surface area contributed by atoms with Crippen LogP contribution < -0.4 is 10.5 Å². The number of carbonyl (C=O) groups excluding carboxylic acids is 1. The number of carbonyl (C=O) groups is 1. The fraction of sp³-hybridized carbons (Fsp3) is 0.611. The lowest BCUT2D eigenvalue weighted by atomic mass is 9.97. The Hall–Kier alpha value is -1.55. The molecule has 0 saturated carbocycles. The van der Waals surface area contributed by atoms with E-state index in [1.807, 2.05) is 29.2 Å². The number of hydrogen-bond acceptors (Lipinski definition) is 3. The summed E-state index contributed by atoms with van der Waals surface area (Å²) in [4.78, 5) is 14.2. The second-order valence-corrected chi connectivity index (χ2v) is 7.52. The Kier molecular flexibility index (Phi) is 4.81. The summed E-state index contributed by atoms with van der Waals surface area (Å²) in [5.74, 6) is 1.49. The minimum Gasteiger partial charge on any atom is -0.493 e. The minimum absolute atomic E-state index is 0.0633. The summed E-state index contributed by atoms with van der Waals surface area (Å²) in [6, 6.07) is 7.76. The smallest absolute Gasteiger partial charge is 0.225 e. The first kappa shape index (κ1) is 16.8. The molecule has 1 amide bonds. The first-order chi connectivity index (χ1) is 10.2. The quantitative estimate of drug-likeness (QED) is 0.930. The molecule has 4 heteroatoms. The van der Waals surface area contributed by atoms with Gasteiger partial charge in [0.2, 0.25) is 5.91 Å². The van der Waals surface area contributed by atoms with Crippen molar-refractivity contribution in [2.75, 3.05) is 6.61 Å². The highest BCUT2D eigenvalue weighted by molar-refractivity contribution is 5.81. The molecule has 2 N–H and O–H groups in total. The van der Waals surface area contributed by atoms with Crippen molar-refractivity contribution in [1.82, 2.24) is 4.90 Å². The van der Waals surface area contributed by atoms with Crippen LogP contribution in [0.1, 0.15) is 52.6 Å². The number of benzene rings is 1. The molecule has 1 aromatic carbocycles. The lowest BCUT2D eigenvalue weighted by Crippen LogP contribution is -2.45. The predicted octanol–water partition coefficient (Wildman–Crippen LogP) is 3.12. The lowest BCUT2D eigenvalue weighted by Gasteiger charge is -2.38. The number of hydrogen-bond donors (Lipinski definition) is 1. The van der Waals surface area contributed by atoms with E-state index in [1.165, 1.54) is 0 Å². The fourth-order valence-electron chi connectivity index (χ4n) is 2.97. The van der Waals surface area contributed by atoms with E-state index in [0.29, 0.717) is 18.9 Å². The Balaban J connectivity index is 2.20. The van der Waals surface area contributed by atoms with Crippen molar-refractivity contribution in [2.24, 2.45) is 11.7 Å². The Bertz CT molecular complexity index is 517. The van der Waals surface area contributed by atoms with Gasteiger partial charge in [-0.15, -0.1) is 0 Å². The van der Waals surface area contributed by atoms with Crippen LogP contribution in [0.4, 0.5) is 0 Å². The van der Waals surface area contributed by atoms with Gasteiger partial charge >= 0.3 is 0 Å². The normalized spacial score (nSPS) is 22.5. The van der Waals surface area contributed by atoms with E-state index in [9.17, 15) is 4.79 Å². The van der Waals surface area contributed by atoms with Gasteiger partial charge in [0, 0.05) is 18.0 Å². The summed E-state index contributed by atoms with van der Waals surface area (Å²) in [5, 5.41) is 0. The zero-order valence-corrected chi connectivity index (χ0v) is 14.3. The zero-order chi connectivity index (χ0) is 16.5. The van der Waals surface area contributed by atoms with Crippen LogP contribution >= 0.6 is 0 Å². The molecule has 0 spiro atoms. The first-order valence-electron chi connectivity index (χ1n) is 8.00. The fourth-order valence-corrected chi connectivity index (χ4v) is 2.97. The van der Waals surface area contributed by atoms with Gasteiger partial charge in [-0.05, 0) is 44.4 Å². The highest BCUT2D eigenvalue weighted by Gasteiger charge is 2.43. The maximum absolute atomic E-state index is 12.3. The average molecular weight is 304 g/mol. The van der Waals surface area contributed by atoms with Crippen LogP contribution in [0.2, 0.25) is 0 Å². The summed E-state index contributed by atoms with van der Waals surface area (Å²) < 4.78 is 5.72. The number of amides is 1. The van der Waals surface area contributed by atoms with E-state index < -0.39 is 0 Å². The van der Waals surface area contributed by atoms with Crippen molar-refractivity contribution in [1.29, 1.82) is 0 Å². The molecule has 2 unspecified atom stereocenters. The number of rotatable bonds is 4. The summed E-state index contributed by atoms with van der Waals surface area (Å²) in [6.07, 6.45) is 0.410. The van der Waals surface area contributed by atoms with Gasteiger partial charge in [0.15, 0.2) is 0 Å². The van der Waals surface area contributed by atoms with E-state index >= 15 is 0 Å². The maximum Gasteiger partial charge on any atom is 0.225 e. The molecule has 0 bridgehead atoms. The van der Waals surface area contributed by atoms with Crippen molar-refractivity contribution < 1.29 is 9.53 Å². The molecule has 2 atom stereocenters. The summed E-state index contributed by atoms with van der Waals surface area (Å²) in [7, 11) is 0. The van der Waals surface area contributed by atoms with Crippen LogP contribution in [0.25, 0.3) is 0 Å². The standard InChI is InChI=1S/C18H28N2O2/c1-12(2)11-22-14-8-6-13(7-9-14)17-15(19)10-16(21)20(17)18(3,4)5/h6-9,12,15,17H,10-11,19H2,1-5H3. The number of likely N-dealkylation sites (tertiary alicyclic amines) is 1. The Morgan fingerprint density at radius 2 is 1.86 bits per heavy atom. The third-order valence-corrected chi connectivity index (χ3v) is 3.89. The SMILES string of the molecule is CC(C)COc1ccc(C2C(N)CC(=O)N2C(C)(C)C)cc1. The molecule has 0 aliphatic carbocycles. The molecule has 4 nitrogen and oxygen atoms in total. The average Bonchev–Trinajstić information content (AvgIpc) is 2.71. The number of nitrogens with two attached hydrogens (primary N) is 1. The summed E-state index contributed by atoms with van der Waals surface area (Å²) >= 11 is 0. The molecule has 0 radical (unpaired) electrons. The topological polar surface area (TPSA) is 55.6 Å². The summed E-state index contributed by atoms with van der Waals surface area (Å²) in [5.41, 5.74) is 7.07. The molecule has 1 aromatic rings. The zero-order valence-electron chi connectivity index (χ0n) is 14.3. The Labute approximate surface area is 133 Å². The van der Waals surface area contributed by atoms with E-state index in [2.05, 4.69) is 34.6 Å². The van der Waals surface area contributed by atoms with Gasteiger partial charge in [-0.2, -0.15) is 0 Å². The molecule has 22 heavy (non-hydrogen) atoms. The molecule has 1 aliphatic heterocycles. The van der Waals surface area contributed by atoms with Gasteiger partial charge in [-0.3, -0.25) is 4.79 Å². The third-order valence-electron chi connectivity index (χ3n) is 3.89. The first-order valence-corrected chi connectivity index (χ1v) is 8.00. The second-order valence-electron chi connectivity index (χ2n) is 7.52. The molecular formula is C18H28N2O2. The molecule has 1 heterocycles. The van der Waals surface area contributed by atoms with Crippen molar-refractivity contribution >= 4 is 5.91 Å². The van der Waals surface area contributed by atoms with Crippen LogP contribution in [0.15, 0.2) is 24.3 Å². The van der Waals surface area contributed by atoms with Crippen LogP contribution in [0.5, 0.6) is 5.75 Å². The van der Waals surface area contributed by atoms with Gasteiger partial charge in [-0.1, -0.05) is 26.0 Å². The van der Waals surface area contributed by atoms with Gasteiger partial charge in [0.05, 0.1) is 12.6 Å². The van der Waals surface area contributed by atoms with E-state index in [4.69, 9.17) is 10.5 Å². The predicted molar refractivity (Wildman–Crippen MR) is 88.7 cm³/mol. The molecule has 1 saturated heterocycles. The number of ether oxygens (including phenoxy) is 1. The van der Waals surface area contributed by atoms with Gasteiger partial charge < -0.3 is 15.4 Å². The van der Waals surface area contributed by atoms with Crippen molar-refractivity contribution in [3.63, 3.8) is 0 Å².